The third-order valence-electron chi connectivity index (χ3n) is 8.58. The van der Waals surface area contributed by atoms with Gasteiger partial charge in [-0.05, 0) is 90.2 Å². The lowest BCUT2D eigenvalue weighted by atomic mass is 9.89. The predicted octanol–water partition coefficient (Wildman–Crippen LogP) is 5.41. The highest BCUT2D eigenvalue weighted by Gasteiger charge is 2.22. The Bertz CT molecular complexity index is 1640. The fraction of sp³-hybridized carbons (Fsp3) is 0.265. The van der Waals surface area contributed by atoms with Gasteiger partial charge in [-0.3, -0.25) is 0 Å². The van der Waals surface area contributed by atoms with E-state index >= 15 is 0 Å². The molecule has 0 unspecified atom stereocenters. The van der Waals surface area contributed by atoms with Crippen LogP contribution in [0.3, 0.4) is 0 Å². The molecule has 2 fully saturated rings. The van der Waals surface area contributed by atoms with Gasteiger partial charge in [-0.25, -0.2) is 4.79 Å². The van der Waals surface area contributed by atoms with Crippen LogP contribution in [-0.2, 0) is 0 Å². The smallest absolute Gasteiger partial charge is 0.365 e. The summed E-state index contributed by atoms with van der Waals surface area (Å²) in [4.78, 5) is 26.7. The summed E-state index contributed by atoms with van der Waals surface area (Å²) in [6, 6.07) is 35.0. The number of piperazine rings is 1. The van der Waals surface area contributed by atoms with Crippen LogP contribution in [0.5, 0.6) is 0 Å². The van der Waals surface area contributed by atoms with Crippen LogP contribution in [-0.4, -0.2) is 60.4 Å². The first-order valence-corrected chi connectivity index (χ1v) is 14.7. The summed E-state index contributed by atoms with van der Waals surface area (Å²) in [5, 5.41) is 7.96. The Hall–Kier alpha value is -4.85. The Morgan fingerprint density at radius 3 is 1.76 bits per heavy atom. The monoisotopic (exact) mass is 558 g/mol. The van der Waals surface area contributed by atoms with Crippen molar-refractivity contribution in [1.29, 1.82) is 0 Å². The van der Waals surface area contributed by atoms with E-state index in [4.69, 9.17) is 4.84 Å². The van der Waals surface area contributed by atoms with Crippen LogP contribution in [0.2, 0.25) is 0 Å². The molecular formula is C34H34N6O2. The topological polar surface area (TPSA) is 66.7 Å². The molecule has 1 aromatic heterocycles. The minimum Gasteiger partial charge on any atom is -0.371 e. The molecular weight excluding hydrogens is 524 g/mol. The third kappa shape index (κ3) is 5.40. The second-order valence-electron chi connectivity index (χ2n) is 11.0. The van der Waals surface area contributed by atoms with E-state index in [2.05, 4.69) is 79.6 Å². The third-order valence-corrected chi connectivity index (χ3v) is 8.58. The maximum atomic E-state index is 12.7. The zero-order valence-electron chi connectivity index (χ0n) is 23.5. The minimum atomic E-state index is -0.467. The van der Waals surface area contributed by atoms with Crippen LogP contribution < -0.4 is 19.5 Å². The van der Waals surface area contributed by atoms with Gasteiger partial charge in [0.05, 0.1) is 5.56 Å². The van der Waals surface area contributed by atoms with Crippen molar-refractivity contribution >= 4 is 34.1 Å². The molecule has 2 aliphatic heterocycles. The van der Waals surface area contributed by atoms with E-state index in [1.54, 1.807) is 0 Å². The van der Waals surface area contributed by atoms with Crippen molar-refractivity contribution in [1.82, 2.24) is 15.2 Å². The predicted molar refractivity (Wildman–Crippen MR) is 166 cm³/mol. The lowest BCUT2D eigenvalue weighted by molar-refractivity contribution is 0.0409. The van der Waals surface area contributed by atoms with E-state index in [1.165, 1.54) is 34.6 Å². The number of anilines is 3. The number of aromatic nitrogens is 3. The van der Waals surface area contributed by atoms with Crippen LogP contribution in [0.4, 0.5) is 17.1 Å². The van der Waals surface area contributed by atoms with Crippen molar-refractivity contribution in [2.24, 2.45) is 0 Å². The molecule has 0 radical (unpaired) electrons. The van der Waals surface area contributed by atoms with Crippen molar-refractivity contribution in [2.75, 3.05) is 54.0 Å². The summed E-state index contributed by atoms with van der Waals surface area (Å²) in [6.07, 6.45) is 2.41. The lowest BCUT2D eigenvalue weighted by Gasteiger charge is -2.38. The molecule has 0 amide bonds. The highest BCUT2D eigenvalue weighted by atomic mass is 16.7. The number of rotatable bonds is 6. The van der Waals surface area contributed by atoms with Crippen molar-refractivity contribution in [3.63, 3.8) is 0 Å². The highest BCUT2D eigenvalue weighted by molar-refractivity contribution is 5.90. The fourth-order valence-corrected chi connectivity index (χ4v) is 6.15. The average molecular weight is 559 g/mol. The van der Waals surface area contributed by atoms with Gasteiger partial charge in [0.15, 0.2) is 0 Å². The van der Waals surface area contributed by atoms with Crippen LogP contribution in [0, 0.1) is 0 Å². The molecule has 7 rings (SSSR count). The standard InChI is InChI=1S/C34H34N6O2/c41-34(42-40-33-9-5-4-8-32(33)35-36-40)28-10-12-29(13-11-28)38-22-24-39(25-23-38)31-16-14-30(15-17-31)37-20-18-27(19-21-37)26-6-2-1-3-7-26/h1-17,27H,18-25H2. The SMILES string of the molecule is O=C(On1nnc2ccccc21)c1ccc(N2CCN(c3ccc(N4CCC(c5ccccc5)CC4)cc3)CC2)cc1. The lowest BCUT2D eigenvalue weighted by Crippen LogP contribution is -2.46. The Morgan fingerprint density at radius 2 is 1.14 bits per heavy atom. The minimum absolute atomic E-state index is 0.467. The average Bonchev–Trinajstić information content (AvgIpc) is 3.48. The maximum Gasteiger partial charge on any atom is 0.365 e. The molecule has 0 N–H and O–H groups in total. The van der Waals surface area contributed by atoms with Crippen LogP contribution in [0.1, 0.15) is 34.7 Å². The molecule has 8 heteroatoms. The van der Waals surface area contributed by atoms with Gasteiger partial charge in [0.25, 0.3) is 0 Å². The molecule has 0 saturated carbocycles. The first-order valence-electron chi connectivity index (χ1n) is 14.7. The molecule has 42 heavy (non-hydrogen) atoms. The van der Waals surface area contributed by atoms with Gasteiger partial charge in [-0.15, -0.1) is 5.10 Å². The van der Waals surface area contributed by atoms with Gasteiger partial charge < -0.3 is 19.5 Å². The molecule has 4 aromatic carbocycles. The number of carbonyl (C=O) groups is 1. The summed E-state index contributed by atoms with van der Waals surface area (Å²) in [5.41, 5.74) is 6.97. The molecule has 8 nitrogen and oxygen atoms in total. The number of hydrogen-bond acceptors (Lipinski definition) is 7. The Labute approximate surface area is 245 Å². The number of carbonyl (C=O) groups excluding carboxylic acids is 1. The normalized spacial score (nSPS) is 16.1. The highest BCUT2D eigenvalue weighted by Crippen LogP contribution is 2.31. The molecule has 2 aliphatic rings. The van der Waals surface area contributed by atoms with Gasteiger partial charge in [-0.2, -0.15) is 0 Å². The molecule has 3 heterocycles. The second kappa shape index (κ2) is 11.6. The summed E-state index contributed by atoms with van der Waals surface area (Å²) in [7, 11) is 0. The first-order chi connectivity index (χ1) is 20.7. The van der Waals surface area contributed by atoms with Gasteiger partial charge in [0.2, 0.25) is 0 Å². The number of benzene rings is 4. The number of fused-ring (bicyclic) bond motifs is 1. The van der Waals surface area contributed by atoms with Crippen LogP contribution in [0.25, 0.3) is 11.0 Å². The summed E-state index contributed by atoms with van der Waals surface area (Å²) in [5.74, 6) is 0.203. The van der Waals surface area contributed by atoms with Crippen molar-refractivity contribution in [3.05, 3.63) is 114 Å². The number of nitrogens with zero attached hydrogens (tertiary/aromatic N) is 6. The van der Waals surface area contributed by atoms with Crippen LogP contribution in [0.15, 0.2) is 103 Å². The Balaban J connectivity index is 0.911. The van der Waals surface area contributed by atoms with Gasteiger partial charge in [0, 0.05) is 56.3 Å². The molecule has 0 bridgehead atoms. The number of hydrogen-bond donors (Lipinski definition) is 0. The van der Waals surface area contributed by atoms with Gasteiger partial charge in [-0.1, -0.05) is 47.3 Å². The van der Waals surface area contributed by atoms with E-state index < -0.39 is 5.97 Å². The van der Waals surface area contributed by atoms with E-state index in [0.717, 1.165) is 45.0 Å². The maximum absolute atomic E-state index is 12.7. The summed E-state index contributed by atoms with van der Waals surface area (Å²) >= 11 is 0. The molecule has 2 saturated heterocycles. The largest absolute Gasteiger partial charge is 0.371 e. The number of piperidine rings is 1. The number of para-hydroxylation sites is 1. The van der Waals surface area contributed by atoms with Crippen molar-refractivity contribution < 1.29 is 9.63 Å². The first kappa shape index (κ1) is 26.1. The van der Waals surface area contributed by atoms with Gasteiger partial charge in [0.1, 0.15) is 11.0 Å². The molecule has 5 aromatic rings. The quantitative estimate of drug-likeness (QED) is 0.258. The molecule has 0 aliphatic carbocycles. The zero-order chi connectivity index (χ0) is 28.3. The Morgan fingerprint density at radius 1 is 0.619 bits per heavy atom. The van der Waals surface area contributed by atoms with Gasteiger partial charge >= 0.3 is 5.97 Å². The molecule has 212 valence electrons. The summed E-state index contributed by atoms with van der Waals surface area (Å²) < 4.78 is 0. The molecule has 0 atom stereocenters. The zero-order valence-corrected chi connectivity index (χ0v) is 23.5. The molecule has 0 spiro atoms. The second-order valence-corrected chi connectivity index (χ2v) is 11.0. The van der Waals surface area contributed by atoms with E-state index in [1.807, 2.05) is 48.5 Å². The van der Waals surface area contributed by atoms with E-state index in [-0.39, 0.29) is 0 Å². The van der Waals surface area contributed by atoms with Crippen molar-refractivity contribution in [3.8, 4) is 0 Å². The summed E-state index contributed by atoms with van der Waals surface area (Å²) in [6.45, 7) is 5.94. The van der Waals surface area contributed by atoms with Crippen molar-refractivity contribution in [2.45, 2.75) is 18.8 Å². The fourth-order valence-electron chi connectivity index (χ4n) is 6.15. The van der Waals surface area contributed by atoms with E-state index in [9.17, 15) is 4.79 Å². The van der Waals surface area contributed by atoms with Crippen LogP contribution >= 0.6 is 0 Å². The van der Waals surface area contributed by atoms with E-state index in [0.29, 0.717) is 22.5 Å². The Kier molecular flexibility index (Phi) is 7.18.